The van der Waals surface area contributed by atoms with Crippen LogP contribution in [0.15, 0.2) is 18.2 Å². The first kappa shape index (κ1) is 15.5. The van der Waals surface area contributed by atoms with Crippen molar-refractivity contribution in [1.82, 2.24) is 10.6 Å². The van der Waals surface area contributed by atoms with Gasteiger partial charge in [-0.2, -0.15) is 0 Å². The first-order chi connectivity index (χ1) is 9.02. The van der Waals surface area contributed by atoms with Crippen molar-refractivity contribution in [2.24, 2.45) is 0 Å². The lowest BCUT2D eigenvalue weighted by Gasteiger charge is -2.14. The third-order valence-corrected chi connectivity index (χ3v) is 2.85. The van der Waals surface area contributed by atoms with Gasteiger partial charge in [0.05, 0.1) is 0 Å². The van der Waals surface area contributed by atoms with Crippen LogP contribution in [0.1, 0.15) is 25.0 Å². The van der Waals surface area contributed by atoms with E-state index in [1.54, 1.807) is 0 Å². The number of aryl methyl sites for hydroxylation is 2. The van der Waals surface area contributed by atoms with Gasteiger partial charge in [0.1, 0.15) is 5.75 Å². The van der Waals surface area contributed by atoms with Crippen molar-refractivity contribution in [3.05, 3.63) is 29.3 Å². The maximum absolute atomic E-state index is 11.6. The van der Waals surface area contributed by atoms with Gasteiger partial charge in [-0.05, 0) is 38.9 Å². The lowest BCUT2D eigenvalue weighted by molar-refractivity contribution is -0.123. The number of nitrogens with one attached hydrogen (secondary N) is 2. The molecule has 0 fully saturated rings. The molecule has 0 saturated heterocycles. The number of ether oxygens (including phenoxy) is 1. The van der Waals surface area contributed by atoms with Crippen molar-refractivity contribution in [3.8, 4) is 5.75 Å². The Morgan fingerprint density at radius 3 is 2.74 bits per heavy atom. The Kier molecular flexibility index (Phi) is 6.36. The number of benzene rings is 1. The molecule has 4 heteroatoms. The average Bonchev–Trinajstić information content (AvgIpc) is 2.35. The molecular formula is C15H24N2O2. The molecule has 4 nitrogen and oxygen atoms in total. The van der Waals surface area contributed by atoms with Crippen LogP contribution in [0.5, 0.6) is 5.75 Å². The molecular weight excluding hydrogens is 240 g/mol. The standard InChI is InChI=1S/C15H24N2O2/c1-5-16-13(4)9-17-15(18)10-19-14-7-6-11(2)8-12(14)3/h6-8,13,16H,5,9-10H2,1-4H3,(H,17,18)/t13-/m1/s1. The van der Waals surface area contributed by atoms with Crippen molar-refractivity contribution in [1.29, 1.82) is 0 Å². The summed E-state index contributed by atoms with van der Waals surface area (Å²) in [6, 6.07) is 6.20. The maximum Gasteiger partial charge on any atom is 0.257 e. The summed E-state index contributed by atoms with van der Waals surface area (Å²) in [5.41, 5.74) is 2.24. The van der Waals surface area contributed by atoms with Gasteiger partial charge in [0.25, 0.3) is 5.91 Å². The number of carbonyl (C=O) groups is 1. The van der Waals surface area contributed by atoms with Crippen LogP contribution in [0.25, 0.3) is 0 Å². The fourth-order valence-electron chi connectivity index (χ4n) is 1.84. The van der Waals surface area contributed by atoms with E-state index >= 15 is 0 Å². The largest absolute Gasteiger partial charge is 0.484 e. The summed E-state index contributed by atoms with van der Waals surface area (Å²) < 4.78 is 5.51. The van der Waals surface area contributed by atoms with Gasteiger partial charge in [-0.25, -0.2) is 0 Å². The Labute approximate surface area is 115 Å². The Morgan fingerprint density at radius 2 is 2.11 bits per heavy atom. The minimum atomic E-state index is -0.0928. The van der Waals surface area contributed by atoms with Gasteiger partial charge in [-0.3, -0.25) is 4.79 Å². The van der Waals surface area contributed by atoms with Gasteiger partial charge in [0.2, 0.25) is 0 Å². The predicted molar refractivity (Wildman–Crippen MR) is 77.6 cm³/mol. The summed E-state index contributed by atoms with van der Waals surface area (Å²) in [7, 11) is 0. The van der Waals surface area contributed by atoms with Crippen molar-refractivity contribution in [3.63, 3.8) is 0 Å². The van der Waals surface area contributed by atoms with Gasteiger partial charge < -0.3 is 15.4 Å². The summed E-state index contributed by atoms with van der Waals surface area (Å²) in [5.74, 6) is 0.671. The molecule has 0 aliphatic heterocycles. The zero-order chi connectivity index (χ0) is 14.3. The lowest BCUT2D eigenvalue weighted by Crippen LogP contribution is -2.40. The maximum atomic E-state index is 11.6. The summed E-state index contributed by atoms with van der Waals surface area (Å²) >= 11 is 0. The van der Waals surface area contributed by atoms with Gasteiger partial charge in [-0.1, -0.05) is 24.6 Å². The molecule has 0 aliphatic rings. The van der Waals surface area contributed by atoms with Crippen LogP contribution < -0.4 is 15.4 Å². The van der Waals surface area contributed by atoms with Crippen LogP contribution in [-0.2, 0) is 4.79 Å². The van der Waals surface area contributed by atoms with E-state index < -0.39 is 0 Å². The molecule has 2 N–H and O–H groups in total. The Bertz CT molecular complexity index is 419. The number of carbonyl (C=O) groups excluding carboxylic acids is 1. The number of rotatable bonds is 7. The van der Waals surface area contributed by atoms with E-state index in [4.69, 9.17) is 4.74 Å². The van der Waals surface area contributed by atoms with Gasteiger partial charge >= 0.3 is 0 Å². The van der Waals surface area contributed by atoms with E-state index in [1.807, 2.05) is 45.9 Å². The summed E-state index contributed by atoms with van der Waals surface area (Å²) in [6.07, 6.45) is 0. The summed E-state index contributed by atoms with van der Waals surface area (Å²) in [6.45, 7) is 9.66. The molecule has 1 aromatic rings. The molecule has 19 heavy (non-hydrogen) atoms. The van der Waals surface area contributed by atoms with E-state index in [0.717, 1.165) is 17.9 Å². The SMILES string of the molecule is CCN[C@H](C)CNC(=O)COc1ccc(C)cc1C. The minimum absolute atomic E-state index is 0.0583. The molecule has 0 unspecified atom stereocenters. The number of hydrogen-bond acceptors (Lipinski definition) is 3. The van der Waals surface area contributed by atoms with Gasteiger partial charge in [0, 0.05) is 12.6 Å². The highest BCUT2D eigenvalue weighted by molar-refractivity contribution is 5.77. The molecule has 0 bridgehead atoms. The second-order valence-corrected chi connectivity index (χ2v) is 4.82. The summed E-state index contributed by atoms with van der Waals surface area (Å²) in [5, 5.41) is 6.08. The average molecular weight is 264 g/mol. The number of hydrogen-bond donors (Lipinski definition) is 2. The minimum Gasteiger partial charge on any atom is -0.484 e. The topological polar surface area (TPSA) is 50.4 Å². The smallest absolute Gasteiger partial charge is 0.257 e. The van der Waals surface area contributed by atoms with Crippen LogP contribution in [0.4, 0.5) is 0 Å². The van der Waals surface area contributed by atoms with Gasteiger partial charge in [-0.15, -0.1) is 0 Å². The molecule has 0 heterocycles. The highest BCUT2D eigenvalue weighted by Crippen LogP contribution is 2.18. The second kappa shape index (κ2) is 7.79. The van der Waals surface area contributed by atoms with E-state index in [1.165, 1.54) is 5.56 Å². The molecule has 1 amide bonds. The monoisotopic (exact) mass is 264 g/mol. The van der Waals surface area contributed by atoms with Crippen LogP contribution >= 0.6 is 0 Å². The predicted octanol–water partition coefficient (Wildman–Crippen LogP) is 1.80. The van der Waals surface area contributed by atoms with E-state index in [9.17, 15) is 4.79 Å². The Morgan fingerprint density at radius 1 is 1.37 bits per heavy atom. The molecule has 0 spiro atoms. The van der Waals surface area contributed by atoms with Crippen LogP contribution in [0.2, 0.25) is 0 Å². The van der Waals surface area contributed by atoms with E-state index in [-0.39, 0.29) is 18.6 Å². The fraction of sp³-hybridized carbons (Fsp3) is 0.533. The molecule has 0 aromatic heterocycles. The third kappa shape index (κ3) is 5.75. The molecule has 1 rings (SSSR count). The first-order valence-corrected chi connectivity index (χ1v) is 6.73. The molecule has 0 radical (unpaired) electrons. The van der Waals surface area contributed by atoms with Crippen LogP contribution in [0, 0.1) is 13.8 Å². The lowest BCUT2D eigenvalue weighted by atomic mass is 10.1. The zero-order valence-corrected chi connectivity index (χ0v) is 12.2. The first-order valence-electron chi connectivity index (χ1n) is 6.73. The second-order valence-electron chi connectivity index (χ2n) is 4.82. The third-order valence-electron chi connectivity index (χ3n) is 2.85. The Hall–Kier alpha value is -1.55. The highest BCUT2D eigenvalue weighted by atomic mass is 16.5. The zero-order valence-electron chi connectivity index (χ0n) is 12.2. The van der Waals surface area contributed by atoms with Crippen LogP contribution in [0.3, 0.4) is 0 Å². The fourth-order valence-corrected chi connectivity index (χ4v) is 1.84. The summed E-state index contributed by atoms with van der Waals surface area (Å²) in [4.78, 5) is 11.6. The quantitative estimate of drug-likeness (QED) is 0.789. The molecule has 0 aliphatic carbocycles. The van der Waals surface area contributed by atoms with Crippen molar-refractivity contribution < 1.29 is 9.53 Å². The van der Waals surface area contributed by atoms with Crippen molar-refractivity contribution in [2.75, 3.05) is 19.7 Å². The molecule has 0 saturated carbocycles. The number of likely N-dealkylation sites (N-methyl/N-ethyl adjacent to an activating group) is 1. The van der Waals surface area contributed by atoms with Crippen molar-refractivity contribution >= 4 is 5.91 Å². The van der Waals surface area contributed by atoms with Gasteiger partial charge in [0.15, 0.2) is 6.61 Å². The molecule has 106 valence electrons. The van der Waals surface area contributed by atoms with E-state index in [0.29, 0.717) is 6.54 Å². The highest BCUT2D eigenvalue weighted by Gasteiger charge is 2.06. The normalized spacial score (nSPS) is 12.0. The number of amides is 1. The van der Waals surface area contributed by atoms with E-state index in [2.05, 4.69) is 10.6 Å². The molecule has 1 aromatic carbocycles. The molecule has 1 atom stereocenters. The Balaban J connectivity index is 2.33. The van der Waals surface area contributed by atoms with Crippen molar-refractivity contribution in [2.45, 2.75) is 33.7 Å². The van der Waals surface area contributed by atoms with Crippen LogP contribution in [-0.4, -0.2) is 31.6 Å².